The maximum atomic E-state index is 8.67. The molecule has 6 heteroatoms. The summed E-state index contributed by atoms with van der Waals surface area (Å²) in [7, 11) is 0. The molecule has 0 bridgehead atoms. The molecule has 1 heterocycles. The topological polar surface area (TPSA) is 50.8 Å². The molecule has 0 aromatic heterocycles. The summed E-state index contributed by atoms with van der Waals surface area (Å²) in [4.78, 5) is 4.96. The van der Waals surface area contributed by atoms with Gasteiger partial charge in [0, 0.05) is 43.3 Å². The summed E-state index contributed by atoms with van der Waals surface area (Å²) in [6.45, 7) is 5.23. The minimum atomic E-state index is 0.224. The van der Waals surface area contributed by atoms with E-state index in [0.717, 1.165) is 48.9 Å². The Morgan fingerprint density at radius 2 is 1.61 bits per heavy atom. The van der Waals surface area contributed by atoms with Gasteiger partial charge in [0.15, 0.2) is 0 Å². The molecule has 1 atom stereocenters. The van der Waals surface area contributed by atoms with Crippen LogP contribution in [-0.4, -0.2) is 47.7 Å². The lowest BCUT2D eigenvalue weighted by atomic mass is 9.96. The molecular formula is C27H29ClN4O. The van der Waals surface area contributed by atoms with Crippen molar-refractivity contribution in [2.45, 2.75) is 12.6 Å². The van der Waals surface area contributed by atoms with Crippen molar-refractivity contribution in [3.05, 3.63) is 106 Å². The fraction of sp³-hybridized carbons (Fsp3) is 0.259. The maximum absolute atomic E-state index is 8.67. The molecule has 1 aliphatic heterocycles. The van der Waals surface area contributed by atoms with Gasteiger partial charge in [0.2, 0.25) is 0 Å². The summed E-state index contributed by atoms with van der Waals surface area (Å²) in [5.74, 6) is 6.60. The van der Waals surface area contributed by atoms with Crippen LogP contribution < -0.4 is 11.0 Å². The van der Waals surface area contributed by atoms with Gasteiger partial charge < -0.3 is 5.21 Å². The molecule has 170 valence electrons. The second kappa shape index (κ2) is 12.0. The highest BCUT2D eigenvalue weighted by molar-refractivity contribution is 6.30. The van der Waals surface area contributed by atoms with Crippen molar-refractivity contribution in [3.63, 3.8) is 0 Å². The molecule has 0 radical (unpaired) electrons. The Labute approximate surface area is 200 Å². The van der Waals surface area contributed by atoms with Crippen molar-refractivity contribution in [1.82, 2.24) is 20.8 Å². The van der Waals surface area contributed by atoms with Crippen molar-refractivity contribution in [1.29, 1.82) is 0 Å². The summed E-state index contributed by atoms with van der Waals surface area (Å²) < 4.78 is 0. The van der Waals surface area contributed by atoms with E-state index in [-0.39, 0.29) is 6.04 Å². The predicted molar refractivity (Wildman–Crippen MR) is 133 cm³/mol. The quantitative estimate of drug-likeness (QED) is 0.366. The smallest absolute Gasteiger partial charge is 0.0606 e. The van der Waals surface area contributed by atoms with Crippen LogP contribution >= 0.6 is 11.6 Å². The summed E-state index contributed by atoms with van der Waals surface area (Å²) in [5, 5.41) is 9.44. The number of benzene rings is 3. The third-order valence-electron chi connectivity index (χ3n) is 5.91. The van der Waals surface area contributed by atoms with Crippen LogP contribution in [0.5, 0.6) is 0 Å². The fourth-order valence-electron chi connectivity index (χ4n) is 4.23. The van der Waals surface area contributed by atoms with Gasteiger partial charge in [-0.15, -0.1) is 5.59 Å². The molecule has 0 spiro atoms. The molecule has 0 amide bonds. The molecule has 0 aliphatic carbocycles. The minimum Gasteiger partial charge on any atom is -0.302 e. The van der Waals surface area contributed by atoms with Crippen molar-refractivity contribution >= 4 is 11.6 Å². The standard InChI is InChI=1S/C27H29ClN4O/c28-26-13-11-25(12-14-26)27(24-9-2-1-3-10-24)32-18-16-31(17-19-32)15-5-8-22-6-4-7-23(20-22)21-29-30-33/h1-4,6-7,9-14,20,27,29-30,33H,15-19,21H2/t27-/m1/s1. The fourth-order valence-corrected chi connectivity index (χ4v) is 4.35. The van der Waals surface area contributed by atoms with Gasteiger partial charge in [-0.3, -0.25) is 9.80 Å². The maximum Gasteiger partial charge on any atom is 0.0606 e. The third kappa shape index (κ3) is 6.66. The molecule has 3 N–H and O–H groups in total. The molecule has 3 aromatic carbocycles. The van der Waals surface area contributed by atoms with Crippen LogP contribution in [0.3, 0.4) is 0 Å². The SMILES string of the molecule is ONNCc1cccc(C#CCN2CCN([C@H](c3ccccc3)c3ccc(Cl)cc3)CC2)c1. The van der Waals surface area contributed by atoms with E-state index in [0.29, 0.717) is 6.54 Å². The highest BCUT2D eigenvalue weighted by Crippen LogP contribution is 2.30. The molecule has 1 aliphatic rings. The van der Waals surface area contributed by atoms with Crippen molar-refractivity contribution in [3.8, 4) is 11.8 Å². The lowest BCUT2D eigenvalue weighted by molar-refractivity contribution is 0.118. The van der Waals surface area contributed by atoms with E-state index in [1.54, 1.807) is 0 Å². The number of halogens is 1. The van der Waals surface area contributed by atoms with Crippen LogP contribution in [0.2, 0.25) is 5.02 Å². The number of hydrazine groups is 1. The van der Waals surface area contributed by atoms with Crippen LogP contribution in [0.1, 0.15) is 28.3 Å². The lowest BCUT2D eigenvalue weighted by Crippen LogP contribution is -2.47. The monoisotopic (exact) mass is 460 g/mol. The Balaban J connectivity index is 1.37. The Morgan fingerprint density at radius 3 is 2.33 bits per heavy atom. The van der Waals surface area contributed by atoms with Gasteiger partial charge in [-0.05, 0) is 41.0 Å². The van der Waals surface area contributed by atoms with E-state index in [1.807, 2.05) is 42.0 Å². The Kier molecular flexibility index (Phi) is 8.51. The zero-order valence-corrected chi connectivity index (χ0v) is 19.3. The third-order valence-corrected chi connectivity index (χ3v) is 6.16. The number of nitrogens with one attached hydrogen (secondary N) is 2. The molecule has 4 rings (SSSR count). The van der Waals surface area contributed by atoms with E-state index in [9.17, 15) is 0 Å². The molecule has 1 saturated heterocycles. The highest BCUT2D eigenvalue weighted by Gasteiger charge is 2.26. The van der Waals surface area contributed by atoms with Crippen LogP contribution in [0, 0.1) is 11.8 Å². The largest absolute Gasteiger partial charge is 0.302 e. The van der Waals surface area contributed by atoms with Gasteiger partial charge in [0.05, 0.1) is 12.6 Å². The first kappa shape index (κ1) is 23.5. The van der Waals surface area contributed by atoms with Gasteiger partial charge in [0.1, 0.15) is 0 Å². The number of nitrogens with zero attached hydrogens (tertiary/aromatic N) is 2. The first-order chi connectivity index (χ1) is 16.2. The number of hydrogen-bond donors (Lipinski definition) is 3. The molecule has 1 fully saturated rings. The summed E-state index contributed by atoms with van der Waals surface area (Å²) >= 11 is 6.14. The number of hydrogen-bond acceptors (Lipinski definition) is 5. The van der Waals surface area contributed by atoms with Gasteiger partial charge in [-0.2, -0.15) is 0 Å². The molecule has 33 heavy (non-hydrogen) atoms. The van der Waals surface area contributed by atoms with E-state index < -0.39 is 0 Å². The second-order valence-electron chi connectivity index (χ2n) is 8.14. The lowest BCUT2D eigenvalue weighted by Gasteiger charge is -2.39. The summed E-state index contributed by atoms with van der Waals surface area (Å²) in [5.41, 5.74) is 9.25. The van der Waals surface area contributed by atoms with Gasteiger partial charge in [-0.1, -0.05) is 78.0 Å². The van der Waals surface area contributed by atoms with E-state index in [4.69, 9.17) is 16.8 Å². The zero-order valence-electron chi connectivity index (χ0n) is 18.5. The number of rotatable bonds is 7. The molecule has 5 nitrogen and oxygen atoms in total. The molecule has 0 unspecified atom stereocenters. The average molecular weight is 461 g/mol. The molecular weight excluding hydrogens is 432 g/mol. The van der Waals surface area contributed by atoms with E-state index >= 15 is 0 Å². The first-order valence-electron chi connectivity index (χ1n) is 11.2. The Bertz CT molecular complexity index is 1070. The predicted octanol–water partition coefficient (Wildman–Crippen LogP) is 4.08. The van der Waals surface area contributed by atoms with E-state index in [1.165, 1.54) is 11.1 Å². The van der Waals surface area contributed by atoms with E-state index in [2.05, 4.69) is 69.5 Å². The van der Waals surface area contributed by atoms with Crippen LogP contribution in [0.25, 0.3) is 0 Å². The summed E-state index contributed by atoms with van der Waals surface area (Å²) in [6.07, 6.45) is 0. The highest BCUT2D eigenvalue weighted by atomic mass is 35.5. The first-order valence-corrected chi connectivity index (χ1v) is 11.6. The van der Waals surface area contributed by atoms with Crippen LogP contribution in [0.15, 0.2) is 78.9 Å². The van der Waals surface area contributed by atoms with Gasteiger partial charge in [-0.25, -0.2) is 5.43 Å². The Hall–Kier alpha value is -2.69. The van der Waals surface area contributed by atoms with Gasteiger partial charge in [0.25, 0.3) is 0 Å². The summed E-state index contributed by atoms with van der Waals surface area (Å²) in [6, 6.07) is 27.2. The van der Waals surface area contributed by atoms with Crippen LogP contribution in [-0.2, 0) is 6.54 Å². The van der Waals surface area contributed by atoms with Gasteiger partial charge >= 0.3 is 0 Å². The molecule has 0 saturated carbocycles. The second-order valence-corrected chi connectivity index (χ2v) is 8.58. The van der Waals surface area contributed by atoms with Crippen molar-refractivity contribution < 1.29 is 5.21 Å². The van der Waals surface area contributed by atoms with Crippen molar-refractivity contribution in [2.75, 3.05) is 32.7 Å². The Morgan fingerprint density at radius 1 is 0.879 bits per heavy atom. The number of piperazine rings is 1. The average Bonchev–Trinajstić information content (AvgIpc) is 2.86. The van der Waals surface area contributed by atoms with Crippen molar-refractivity contribution in [2.24, 2.45) is 0 Å². The normalized spacial score (nSPS) is 15.6. The molecule has 3 aromatic rings. The minimum absolute atomic E-state index is 0.224. The zero-order chi connectivity index (χ0) is 22.9. The van der Waals surface area contributed by atoms with Crippen LogP contribution in [0.4, 0.5) is 0 Å².